The van der Waals surface area contributed by atoms with Crippen molar-refractivity contribution in [1.82, 2.24) is 9.78 Å². The van der Waals surface area contributed by atoms with Crippen molar-refractivity contribution in [2.24, 2.45) is 10.2 Å². The molecule has 0 aliphatic heterocycles. The van der Waals surface area contributed by atoms with Gasteiger partial charge in [0.25, 0.3) is 0 Å². The van der Waals surface area contributed by atoms with E-state index in [0.29, 0.717) is 22.5 Å². The Kier molecular flexibility index (Phi) is 22.1. The Morgan fingerprint density at radius 1 is 0.980 bits per heavy atom. The van der Waals surface area contributed by atoms with Crippen LogP contribution in [0.5, 0.6) is 0 Å². The van der Waals surface area contributed by atoms with Crippen LogP contribution in [0.4, 0.5) is 31.7 Å². The van der Waals surface area contributed by atoms with Crippen LogP contribution in [0.25, 0.3) is 5.69 Å². The average Bonchev–Trinajstić information content (AvgIpc) is 3.33. The number of aliphatic carboxylic acids is 2. The van der Waals surface area contributed by atoms with Gasteiger partial charge >= 0.3 is 154 Å². The second kappa shape index (κ2) is 22.2. The van der Waals surface area contributed by atoms with Gasteiger partial charge in [-0.25, -0.2) is 21.9 Å². The third-order valence-corrected chi connectivity index (χ3v) is 7.51. The van der Waals surface area contributed by atoms with Crippen LogP contribution >= 0.6 is 0 Å². The molecule has 1 aromatic heterocycles. The van der Waals surface area contributed by atoms with Gasteiger partial charge in [0.2, 0.25) is 5.91 Å². The molecule has 3 rings (SSSR count). The largest absolute Gasteiger partial charge is 1.00 e. The first-order chi connectivity index (χ1) is 22.3. The Balaban J connectivity index is 0.00000833. The molecule has 3 aromatic rings. The van der Waals surface area contributed by atoms with Crippen molar-refractivity contribution in [3.8, 4) is 11.8 Å². The molecule has 256 valence electrons. The molecular weight excluding hydrogens is 774 g/mol. The van der Waals surface area contributed by atoms with Crippen LogP contribution in [0.3, 0.4) is 0 Å². The Bertz CT molecular complexity index is 1890. The number of aromatic nitrogens is 2. The molecule has 1 heterocycles. The summed E-state index contributed by atoms with van der Waals surface area (Å²) in [4.78, 5) is 34.5. The van der Waals surface area contributed by atoms with Crippen molar-refractivity contribution in [3.63, 3.8) is 0 Å². The van der Waals surface area contributed by atoms with Crippen LogP contribution < -0.4 is 175 Å². The van der Waals surface area contributed by atoms with Crippen LogP contribution in [0.2, 0.25) is 0 Å². The monoisotopic (exact) mass is 803 g/mol. The first-order valence-corrected chi connectivity index (χ1v) is 15.7. The number of nitriles is 1. The van der Waals surface area contributed by atoms with Crippen LogP contribution in [0, 0.1) is 23.0 Å². The predicted molar refractivity (Wildman–Crippen MR) is 160 cm³/mol. The summed E-state index contributed by atoms with van der Waals surface area (Å²) < 4.78 is 65.3. The minimum absolute atomic E-state index is 0. The van der Waals surface area contributed by atoms with E-state index in [-0.39, 0.29) is 216 Å². The van der Waals surface area contributed by atoms with Gasteiger partial charge in [0, 0.05) is 43.1 Å². The van der Waals surface area contributed by atoms with E-state index >= 15 is 8.78 Å². The standard InChI is InChI=1S/C30H33F2N7O8S.3K/c1-17(40)34-24-13-18(38(11-5-7-25(41)42)12-6-8-26(43)44)9-10-23(24)35-36-29-20(16-33)28(30(2,3)4)37-39(29)27-21(31)14-19(15-22(27)32)48(45,46)47;;;/h9-10,13-15H,5-8,11-12H2,1-4H3,(H,34,40)(H,41,42)(H,43,44)(H,45,46,47);;;/q;3*+1/p-3. The molecule has 51 heavy (non-hydrogen) atoms. The first kappa shape index (κ1) is 50.6. The number of azo groups is 1. The molecule has 1 amide bonds. The summed E-state index contributed by atoms with van der Waals surface area (Å²) >= 11 is 0. The minimum Gasteiger partial charge on any atom is -0.744 e. The van der Waals surface area contributed by atoms with Crippen molar-refractivity contribution in [2.45, 2.75) is 63.7 Å². The molecule has 0 bridgehead atoms. The fourth-order valence-electron chi connectivity index (χ4n) is 4.57. The number of hydrogen-bond acceptors (Lipinski definition) is 13. The second-order valence-electron chi connectivity index (χ2n) is 11.5. The predicted octanol–water partition coefficient (Wildman–Crippen LogP) is -6.52. The summed E-state index contributed by atoms with van der Waals surface area (Å²) in [7, 11) is -5.23. The molecule has 0 fully saturated rings. The van der Waals surface area contributed by atoms with Gasteiger partial charge in [-0.15, -0.1) is 10.2 Å². The molecule has 0 unspecified atom stereocenters. The van der Waals surface area contributed by atoms with Crippen LogP contribution in [0.1, 0.15) is 64.6 Å². The number of benzene rings is 2. The first-order valence-electron chi connectivity index (χ1n) is 14.3. The number of nitrogens with one attached hydrogen (secondary N) is 1. The van der Waals surface area contributed by atoms with Crippen molar-refractivity contribution in [1.29, 1.82) is 5.26 Å². The number of hydrogen-bond donors (Lipinski definition) is 1. The number of rotatable bonds is 14. The number of carboxylic acids is 2. The van der Waals surface area contributed by atoms with Crippen LogP contribution in [-0.4, -0.2) is 53.7 Å². The van der Waals surface area contributed by atoms with Gasteiger partial charge in [0.1, 0.15) is 33.1 Å². The molecule has 0 atom stereocenters. The molecule has 1 N–H and O–H groups in total. The Labute approximate surface area is 421 Å². The van der Waals surface area contributed by atoms with Gasteiger partial charge in [0.15, 0.2) is 17.5 Å². The zero-order valence-corrected chi connectivity index (χ0v) is 39.4. The van der Waals surface area contributed by atoms with Crippen molar-refractivity contribution >= 4 is 50.8 Å². The van der Waals surface area contributed by atoms with Gasteiger partial charge < -0.3 is 34.6 Å². The summed E-state index contributed by atoms with van der Waals surface area (Å²) in [6.07, 6.45) is -0.194. The summed E-state index contributed by atoms with van der Waals surface area (Å²) in [6, 6.07) is 6.93. The maximum atomic E-state index is 15.2. The Morgan fingerprint density at radius 3 is 1.94 bits per heavy atom. The summed E-state index contributed by atoms with van der Waals surface area (Å²) in [5.74, 6) is -6.50. The van der Waals surface area contributed by atoms with Gasteiger partial charge in [-0.3, -0.25) is 4.79 Å². The maximum Gasteiger partial charge on any atom is 1.00 e. The van der Waals surface area contributed by atoms with Gasteiger partial charge in [0.05, 0.1) is 16.3 Å². The van der Waals surface area contributed by atoms with Gasteiger partial charge in [-0.1, -0.05) is 20.8 Å². The average molecular weight is 804 g/mol. The zero-order valence-electron chi connectivity index (χ0n) is 29.2. The van der Waals surface area contributed by atoms with E-state index in [4.69, 9.17) is 0 Å². The number of amides is 1. The SMILES string of the molecule is CC(=O)Nc1cc(N(CCCC(=O)[O-])CCCC(=O)[O-])ccc1N=Nc1c(C#N)c(C(C)(C)C)nn1-c1c(F)cc(S(=O)(=O)[O-])cc1F.[K+].[K+].[K+]. The minimum atomic E-state index is -5.23. The van der Waals surface area contributed by atoms with Crippen LogP contribution in [-0.2, 0) is 29.9 Å². The smallest absolute Gasteiger partial charge is 0.744 e. The molecule has 0 saturated heterocycles. The normalized spacial score (nSPS) is 11.1. The topological polar surface area (TPSA) is 236 Å². The number of carbonyl (C=O) groups is 3. The van der Waals surface area contributed by atoms with Crippen molar-refractivity contribution in [2.75, 3.05) is 23.3 Å². The second-order valence-corrected chi connectivity index (χ2v) is 12.9. The molecule has 21 heteroatoms. The van der Waals surface area contributed by atoms with E-state index in [9.17, 15) is 42.8 Å². The number of nitrogens with zero attached hydrogens (tertiary/aromatic N) is 6. The molecule has 0 aliphatic rings. The van der Waals surface area contributed by atoms with E-state index in [2.05, 4.69) is 20.6 Å². The third-order valence-electron chi connectivity index (χ3n) is 6.70. The van der Waals surface area contributed by atoms with E-state index in [1.807, 2.05) is 6.07 Å². The molecule has 2 aromatic carbocycles. The van der Waals surface area contributed by atoms with Gasteiger partial charge in [-0.2, -0.15) is 10.4 Å². The number of carbonyl (C=O) groups excluding carboxylic acids is 3. The van der Waals surface area contributed by atoms with E-state index in [1.165, 1.54) is 25.1 Å². The summed E-state index contributed by atoms with van der Waals surface area (Å²) in [6.45, 7) is 6.58. The van der Waals surface area contributed by atoms with Crippen molar-refractivity contribution < 1.29 is 201 Å². The molecule has 0 radical (unpaired) electrons. The fraction of sp³-hybridized carbons (Fsp3) is 0.367. The van der Waals surface area contributed by atoms with Crippen LogP contribution in [0.15, 0.2) is 45.5 Å². The van der Waals surface area contributed by atoms with Crippen molar-refractivity contribution in [3.05, 3.63) is 53.2 Å². The van der Waals surface area contributed by atoms with E-state index < -0.39 is 61.4 Å². The number of halogens is 2. The number of anilines is 2. The zero-order chi connectivity index (χ0) is 36.0. The molecule has 15 nitrogen and oxygen atoms in total. The molecular formula is C30H30F2K3N7O8S. The molecule has 0 saturated carbocycles. The Morgan fingerprint density at radius 2 is 1.51 bits per heavy atom. The summed E-state index contributed by atoms with van der Waals surface area (Å²) in [5.41, 5.74) is -1.45. The third kappa shape index (κ3) is 14.7. The maximum absolute atomic E-state index is 15.2. The van der Waals surface area contributed by atoms with Gasteiger partial charge in [-0.05, 0) is 56.0 Å². The van der Waals surface area contributed by atoms with E-state index in [0.717, 1.165) is 0 Å². The fourth-order valence-corrected chi connectivity index (χ4v) is 5.07. The van der Waals surface area contributed by atoms with E-state index in [1.54, 1.807) is 25.7 Å². The quantitative estimate of drug-likeness (QED) is 0.0914. The molecule has 0 spiro atoms. The summed E-state index contributed by atoms with van der Waals surface area (Å²) in [5, 5.41) is 46.9. The Hall–Kier alpha value is -0.371. The number of carboxylic acid groups (broad SMARTS) is 2. The molecule has 0 aliphatic carbocycles.